The number of aryl methyl sites for hydroxylation is 2. The van der Waals surface area contributed by atoms with Crippen molar-refractivity contribution in [2.24, 2.45) is 0 Å². The zero-order valence-corrected chi connectivity index (χ0v) is 16.2. The summed E-state index contributed by atoms with van der Waals surface area (Å²) in [6, 6.07) is 13.7. The fraction of sp³-hybridized carbons (Fsp3) is 0.375. The van der Waals surface area contributed by atoms with E-state index in [4.69, 9.17) is 4.98 Å². The molecule has 0 unspecified atom stereocenters. The van der Waals surface area contributed by atoms with E-state index in [9.17, 15) is 0 Å². The third kappa shape index (κ3) is 2.57. The molecular formula is C24H27N. The summed E-state index contributed by atoms with van der Waals surface area (Å²) in [5.41, 5.74) is 8.34. The summed E-state index contributed by atoms with van der Waals surface area (Å²) in [5, 5.41) is 2.57. The van der Waals surface area contributed by atoms with Gasteiger partial charge in [-0.1, -0.05) is 51.0 Å². The summed E-state index contributed by atoms with van der Waals surface area (Å²) in [6.07, 6.45) is 3.15. The predicted molar refractivity (Wildman–Crippen MR) is 107 cm³/mol. The van der Waals surface area contributed by atoms with Gasteiger partial charge in [0.2, 0.25) is 0 Å². The van der Waals surface area contributed by atoms with E-state index in [1.54, 1.807) is 0 Å². The molecule has 0 fully saturated rings. The van der Waals surface area contributed by atoms with Crippen LogP contribution in [-0.4, -0.2) is 4.98 Å². The summed E-state index contributed by atoms with van der Waals surface area (Å²) >= 11 is 0. The van der Waals surface area contributed by atoms with Crippen molar-refractivity contribution in [3.8, 4) is 11.3 Å². The molecule has 0 atom stereocenters. The van der Waals surface area contributed by atoms with Gasteiger partial charge in [-0.25, -0.2) is 0 Å². The molecule has 2 aromatic carbocycles. The van der Waals surface area contributed by atoms with Crippen molar-refractivity contribution >= 4 is 10.8 Å². The van der Waals surface area contributed by atoms with Crippen molar-refractivity contribution in [2.75, 3.05) is 0 Å². The molecule has 1 heteroatoms. The monoisotopic (exact) mass is 329 g/mol. The van der Waals surface area contributed by atoms with Crippen LogP contribution in [0.15, 0.2) is 42.6 Å². The number of hydrogen-bond donors (Lipinski definition) is 0. The summed E-state index contributed by atoms with van der Waals surface area (Å²) in [6.45, 7) is 13.8. The number of aromatic nitrogens is 1. The lowest BCUT2D eigenvalue weighted by Gasteiger charge is -2.22. The maximum absolute atomic E-state index is 4.77. The van der Waals surface area contributed by atoms with Crippen LogP contribution in [0.3, 0.4) is 0 Å². The molecule has 1 nitrogen and oxygen atoms in total. The minimum atomic E-state index is 0.211. The molecule has 0 N–H and O–H groups in total. The fourth-order valence-corrected chi connectivity index (χ4v) is 4.98. The molecule has 0 saturated carbocycles. The molecule has 0 aliphatic heterocycles. The highest BCUT2D eigenvalue weighted by Crippen LogP contribution is 2.50. The summed E-state index contributed by atoms with van der Waals surface area (Å²) in [4.78, 5) is 4.77. The van der Waals surface area contributed by atoms with Crippen LogP contribution in [0.2, 0.25) is 0 Å². The van der Waals surface area contributed by atoms with E-state index >= 15 is 0 Å². The quantitative estimate of drug-likeness (QED) is 0.498. The molecular weight excluding hydrogens is 302 g/mol. The van der Waals surface area contributed by atoms with Crippen LogP contribution in [0.4, 0.5) is 0 Å². The highest BCUT2D eigenvalue weighted by molar-refractivity contribution is 5.96. The Morgan fingerprint density at radius 3 is 2.04 bits per heavy atom. The van der Waals surface area contributed by atoms with Crippen LogP contribution in [0.25, 0.3) is 22.0 Å². The Hall–Kier alpha value is -2.15. The van der Waals surface area contributed by atoms with Gasteiger partial charge in [-0.2, -0.15) is 0 Å². The number of rotatable bonds is 1. The normalized spacial score (nSPS) is 17.7. The molecule has 0 amide bonds. The Bertz CT molecular complexity index is 972. The van der Waals surface area contributed by atoms with E-state index in [1.807, 2.05) is 6.20 Å². The van der Waals surface area contributed by atoms with E-state index in [2.05, 4.69) is 77.9 Å². The molecule has 0 radical (unpaired) electrons. The second kappa shape index (κ2) is 5.17. The topological polar surface area (TPSA) is 12.9 Å². The number of pyridine rings is 1. The SMILES string of the molecule is Cc1cc(C)cc(-c2nccc3cc4c(cc23)C(C)(C)CC4(C)C)c1. The molecule has 1 heterocycles. The Balaban J connectivity index is 2.03. The summed E-state index contributed by atoms with van der Waals surface area (Å²) in [5.74, 6) is 0. The van der Waals surface area contributed by atoms with Gasteiger partial charge in [0, 0.05) is 17.1 Å². The van der Waals surface area contributed by atoms with Crippen molar-refractivity contribution in [1.29, 1.82) is 0 Å². The largest absolute Gasteiger partial charge is 0.256 e. The van der Waals surface area contributed by atoms with Gasteiger partial charge in [0.25, 0.3) is 0 Å². The number of hydrogen-bond acceptors (Lipinski definition) is 1. The first-order valence-corrected chi connectivity index (χ1v) is 9.20. The molecule has 25 heavy (non-hydrogen) atoms. The maximum atomic E-state index is 4.77. The van der Waals surface area contributed by atoms with Gasteiger partial charge in [0.05, 0.1) is 5.69 Å². The molecule has 0 saturated heterocycles. The zero-order chi connectivity index (χ0) is 18.0. The van der Waals surface area contributed by atoms with Gasteiger partial charge in [0.1, 0.15) is 0 Å². The van der Waals surface area contributed by atoms with Gasteiger partial charge in [-0.05, 0) is 71.9 Å². The Labute approximate surface area is 151 Å². The predicted octanol–water partition coefficient (Wildman–Crippen LogP) is 6.48. The minimum absolute atomic E-state index is 0.211. The van der Waals surface area contributed by atoms with Gasteiger partial charge in [-0.15, -0.1) is 0 Å². The third-order valence-electron chi connectivity index (χ3n) is 5.74. The highest BCUT2D eigenvalue weighted by atomic mass is 14.7. The van der Waals surface area contributed by atoms with E-state index in [1.165, 1.54) is 45.0 Å². The lowest BCUT2D eigenvalue weighted by Crippen LogP contribution is -2.17. The van der Waals surface area contributed by atoms with Crippen molar-refractivity contribution in [1.82, 2.24) is 4.98 Å². The fourth-order valence-electron chi connectivity index (χ4n) is 4.98. The second-order valence-electron chi connectivity index (χ2n) is 9.10. The average Bonchev–Trinajstić information content (AvgIpc) is 2.68. The van der Waals surface area contributed by atoms with Gasteiger partial charge < -0.3 is 0 Å². The minimum Gasteiger partial charge on any atom is -0.256 e. The van der Waals surface area contributed by atoms with Crippen LogP contribution in [0.5, 0.6) is 0 Å². The van der Waals surface area contributed by atoms with Crippen molar-refractivity contribution in [2.45, 2.75) is 58.8 Å². The highest BCUT2D eigenvalue weighted by Gasteiger charge is 2.42. The maximum Gasteiger partial charge on any atom is 0.0780 e. The van der Waals surface area contributed by atoms with Crippen molar-refractivity contribution < 1.29 is 0 Å². The standard InChI is InChI=1S/C24H27N/c1-15-9-16(2)11-18(10-15)22-19-13-21-20(12-17(19)7-8-25-22)23(3,4)14-24(21,5)6/h7-13H,14H2,1-6H3. The number of benzene rings is 2. The third-order valence-corrected chi connectivity index (χ3v) is 5.74. The molecule has 1 aromatic heterocycles. The molecule has 0 spiro atoms. The number of fused-ring (bicyclic) bond motifs is 2. The lowest BCUT2D eigenvalue weighted by atomic mass is 9.82. The number of nitrogens with zero attached hydrogens (tertiary/aromatic N) is 1. The van der Waals surface area contributed by atoms with Crippen LogP contribution in [0, 0.1) is 13.8 Å². The average molecular weight is 329 g/mol. The summed E-state index contributed by atoms with van der Waals surface area (Å²) in [7, 11) is 0. The Morgan fingerprint density at radius 1 is 0.800 bits per heavy atom. The smallest absolute Gasteiger partial charge is 0.0780 e. The molecule has 1 aliphatic rings. The van der Waals surface area contributed by atoms with Crippen LogP contribution < -0.4 is 0 Å². The van der Waals surface area contributed by atoms with Crippen LogP contribution >= 0.6 is 0 Å². The lowest BCUT2D eigenvalue weighted by molar-refractivity contribution is 0.403. The Kier molecular flexibility index (Phi) is 3.38. The molecule has 128 valence electrons. The van der Waals surface area contributed by atoms with Crippen LogP contribution in [0.1, 0.15) is 56.4 Å². The molecule has 0 bridgehead atoms. The van der Waals surface area contributed by atoms with E-state index in [0.29, 0.717) is 0 Å². The van der Waals surface area contributed by atoms with Crippen molar-refractivity contribution in [3.63, 3.8) is 0 Å². The second-order valence-corrected chi connectivity index (χ2v) is 9.10. The Morgan fingerprint density at radius 2 is 1.40 bits per heavy atom. The van der Waals surface area contributed by atoms with Gasteiger partial charge in [-0.3, -0.25) is 4.98 Å². The molecule has 3 aromatic rings. The van der Waals surface area contributed by atoms with Crippen LogP contribution in [-0.2, 0) is 10.8 Å². The zero-order valence-electron chi connectivity index (χ0n) is 16.2. The van der Waals surface area contributed by atoms with Gasteiger partial charge in [0.15, 0.2) is 0 Å². The van der Waals surface area contributed by atoms with Gasteiger partial charge >= 0.3 is 0 Å². The first-order valence-electron chi connectivity index (χ1n) is 9.20. The molecule has 1 aliphatic carbocycles. The summed E-state index contributed by atoms with van der Waals surface area (Å²) < 4.78 is 0. The first-order chi connectivity index (χ1) is 11.7. The molecule has 4 rings (SSSR count). The van der Waals surface area contributed by atoms with E-state index < -0.39 is 0 Å². The van der Waals surface area contributed by atoms with E-state index in [0.717, 1.165) is 5.69 Å². The van der Waals surface area contributed by atoms with E-state index in [-0.39, 0.29) is 10.8 Å². The first kappa shape index (κ1) is 16.3. The van der Waals surface area contributed by atoms with Crippen molar-refractivity contribution in [3.05, 3.63) is 64.8 Å².